The fourth-order valence-corrected chi connectivity index (χ4v) is 1.79. The molecule has 0 unspecified atom stereocenters. The number of phenolic OH excluding ortho intramolecular Hbond substituents is 1. The zero-order valence-electron chi connectivity index (χ0n) is 11.3. The molecule has 2 aromatic rings. The van der Waals surface area contributed by atoms with E-state index in [2.05, 4.69) is 15.5 Å². The molecule has 0 bridgehead atoms. The van der Waals surface area contributed by atoms with Crippen molar-refractivity contribution in [3.05, 3.63) is 52.7 Å². The first-order valence-corrected chi connectivity index (χ1v) is 6.47. The Morgan fingerprint density at radius 2 is 1.91 bits per heavy atom. The van der Waals surface area contributed by atoms with E-state index < -0.39 is 11.7 Å². The molecular weight excluding hydrogens is 319 g/mol. The number of nitrogens with one attached hydrogen (secondary N) is 1. The maximum Gasteiger partial charge on any atom is 0.417 e. The van der Waals surface area contributed by atoms with Gasteiger partial charge in [0, 0.05) is 6.20 Å². The van der Waals surface area contributed by atoms with Crippen molar-refractivity contribution in [2.24, 2.45) is 5.10 Å². The van der Waals surface area contributed by atoms with E-state index in [9.17, 15) is 18.3 Å². The topological polar surface area (TPSA) is 57.5 Å². The number of alkyl halides is 3. The van der Waals surface area contributed by atoms with Gasteiger partial charge in [0.1, 0.15) is 5.75 Å². The lowest BCUT2D eigenvalue weighted by Crippen LogP contribution is -2.07. The Balaban J connectivity index is 2.17. The molecule has 8 heteroatoms. The van der Waals surface area contributed by atoms with Crippen LogP contribution in [0.3, 0.4) is 0 Å². The van der Waals surface area contributed by atoms with Gasteiger partial charge in [-0.1, -0.05) is 11.6 Å². The summed E-state index contributed by atoms with van der Waals surface area (Å²) < 4.78 is 37.5. The smallest absolute Gasteiger partial charge is 0.417 e. The van der Waals surface area contributed by atoms with Crippen molar-refractivity contribution >= 4 is 23.1 Å². The molecular formula is C14H11ClF3N3O. The zero-order valence-corrected chi connectivity index (χ0v) is 12.1. The van der Waals surface area contributed by atoms with E-state index in [0.29, 0.717) is 11.9 Å². The minimum atomic E-state index is -4.50. The van der Waals surface area contributed by atoms with E-state index in [1.54, 1.807) is 19.1 Å². The molecule has 2 rings (SSSR count). The number of hydrazone groups is 1. The third-order valence-electron chi connectivity index (χ3n) is 2.78. The Morgan fingerprint density at radius 1 is 1.27 bits per heavy atom. The number of aromatic nitrogens is 1. The molecule has 22 heavy (non-hydrogen) atoms. The number of nitrogens with zero attached hydrogens (tertiary/aromatic N) is 2. The molecule has 2 N–H and O–H groups in total. The van der Waals surface area contributed by atoms with Gasteiger partial charge in [-0.3, -0.25) is 5.43 Å². The number of hydrogen-bond acceptors (Lipinski definition) is 4. The fourth-order valence-electron chi connectivity index (χ4n) is 1.58. The van der Waals surface area contributed by atoms with Crippen molar-refractivity contribution in [1.82, 2.24) is 4.98 Å². The molecule has 0 aliphatic heterocycles. The highest BCUT2D eigenvalue weighted by Crippen LogP contribution is 2.32. The van der Waals surface area contributed by atoms with Crippen LogP contribution < -0.4 is 5.43 Å². The van der Waals surface area contributed by atoms with E-state index in [1.165, 1.54) is 12.1 Å². The van der Waals surface area contributed by atoms with E-state index in [0.717, 1.165) is 11.6 Å². The molecule has 0 spiro atoms. The maximum absolute atomic E-state index is 12.5. The minimum absolute atomic E-state index is 0.0211. The lowest BCUT2D eigenvalue weighted by molar-refractivity contribution is -0.137. The van der Waals surface area contributed by atoms with Crippen LogP contribution in [0.2, 0.25) is 5.02 Å². The minimum Gasteiger partial charge on any atom is -0.508 e. The third kappa shape index (κ3) is 3.88. The molecule has 0 saturated carbocycles. The molecule has 116 valence electrons. The van der Waals surface area contributed by atoms with E-state index in [4.69, 9.17) is 11.6 Å². The van der Waals surface area contributed by atoms with Crippen molar-refractivity contribution in [2.75, 3.05) is 5.43 Å². The predicted molar refractivity (Wildman–Crippen MR) is 78.2 cm³/mol. The molecule has 0 fully saturated rings. The summed E-state index contributed by atoms with van der Waals surface area (Å²) in [6.45, 7) is 1.69. The van der Waals surface area contributed by atoms with E-state index in [1.807, 2.05) is 0 Å². The monoisotopic (exact) mass is 329 g/mol. The maximum atomic E-state index is 12.5. The highest BCUT2D eigenvalue weighted by molar-refractivity contribution is 6.33. The standard InChI is InChI=1S/C14H11ClF3N3O/c1-8(9-2-4-11(22)5-3-9)20-21-13-12(15)6-10(7-19-13)14(16,17)18/h2-7,22H,1H3,(H,19,21)/b20-8+. The second kappa shape index (κ2) is 6.23. The van der Waals surface area contributed by atoms with Gasteiger partial charge in [-0.05, 0) is 42.8 Å². The van der Waals surface area contributed by atoms with Crippen LogP contribution in [0.25, 0.3) is 0 Å². The summed E-state index contributed by atoms with van der Waals surface area (Å²) in [6.07, 6.45) is -3.82. The molecule has 0 radical (unpaired) electrons. The first-order valence-electron chi connectivity index (χ1n) is 6.10. The summed E-state index contributed by atoms with van der Waals surface area (Å²) in [5.74, 6) is 0.143. The van der Waals surface area contributed by atoms with Crippen LogP contribution in [0, 0.1) is 0 Å². The largest absolute Gasteiger partial charge is 0.508 e. The molecule has 0 aliphatic rings. The zero-order chi connectivity index (χ0) is 16.3. The first-order chi connectivity index (χ1) is 10.3. The Kier molecular flexibility index (Phi) is 4.56. The van der Waals surface area contributed by atoms with Crippen LogP contribution >= 0.6 is 11.6 Å². The summed E-state index contributed by atoms with van der Waals surface area (Å²) in [6, 6.07) is 7.08. The summed E-state index contributed by atoms with van der Waals surface area (Å²) in [4.78, 5) is 3.61. The van der Waals surface area contributed by atoms with Crippen LogP contribution in [0.4, 0.5) is 19.0 Å². The summed E-state index contributed by atoms with van der Waals surface area (Å²) in [5, 5.41) is 13.0. The van der Waals surface area contributed by atoms with E-state index in [-0.39, 0.29) is 16.6 Å². The fraction of sp³-hybridized carbons (Fsp3) is 0.143. The SMILES string of the molecule is C/C(=N\Nc1ncc(C(F)(F)F)cc1Cl)c1ccc(O)cc1. The van der Waals surface area contributed by atoms with Crippen LogP contribution in [-0.2, 0) is 6.18 Å². The van der Waals surface area contributed by atoms with Crippen LogP contribution in [0.5, 0.6) is 5.75 Å². The number of hydrogen-bond donors (Lipinski definition) is 2. The molecule has 0 amide bonds. The second-order valence-corrected chi connectivity index (χ2v) is 4.82. The number of anilines is 1. The molecule has 1 heterocycles. The molecule has 4 nitrogen and oxygen atoms in total. The van der Waals surface area contributed by atoms with Gasteiger partial charge in [0.05, 0.1) is 16.3 Å². The van der Waals surface area contributed by atoms with Gasteiger partial charge in [0.2, 0.25) is 0 Å². The Labute approximate surface area is 129 Å². The first kappa shape index (κ1) is 16.1. The van der Waals surface area contributed by atoms with Gasteiger partial charge in [-0.2, -0.15) is 18.3 Å². The van der Waals surface area contributed by atoms with Gasteiger partial charge in [0.15, 0.2) is 5.82 Å². The summed E-state index contributed by atoms with van der Waals surface area (Å²) >= 11 is 5.76. The van der Waals surface area contributed by atoms with Gasteiger partial charge in [-0.25, -0.2) is 4.98 Å². The molecule has 1 aromatic heterocycles. The van der Waals surface area contributed by atoms with Gasteiger partial charge in [0.25, 0.3) is 0 Å². The quantitative estimate of drug-likeness (QED) is 0.652. The Morgan fingerprint density at radius 3 is 2.45 bits per heavy atom. The van der Waals surface area contributed by atoms with Gasteiger partial charge >= 0.3 is 6.18 Å². The molecule has 1 aromatic carbocycles. The average Bonchev–Trinajstić information content (AvgIpc) is 2.45. The van der Waals surface area contributed by atoms with Crippen molar-refractivity contribution in [3.8, 4) is 5.75 Å². The summed E-state index contributed by atoms with van der Waals surface area (Å²) in [5.41, 5.74) is 2.87. The van der Waals surface area contributed by atoms with Crippen molar-refractivity contribution in [2.45, 2.75) is 13.1 Å². The third-order valence-corrected chi connectivity index (χ3v) is 3.07. The Hall–Kier alpha value is -2.28. The van der Waals surface area contributed by atoms with Gasteiger partial charge < -0.3 is 5.11 Å². The van der Waals surface area contributed by atoms with Crippen LogP contribution in [0.15, 0.2) is 41.6 Å². The van der Waals surface area contributed by atoms with E-state index >= 15 is 0 Å². The van der Waals surface area contributed by atoms with Crippen LogP contribution in [-0.4, -0.2) is 15.8 Å². The average molecular weight is 330 g/mol. The Bertz CT molecular complexity index is 699. The van der Waals surface area contributed by atoms with Crippen molar-refractivity contribution in [3.63, 3.8) is 0 Å². The van der Waals surface area contributed by atoms with Crippen molar-refractivity contribution < 1.29 is 18.3 Å². The highest BCUT2D eigenvalue weighted by atomic mass is 35.5. The predicted octanol–water partition coefficient (Wildman–Crippen LogP) is 4.30. The number of phenols is 1. The number of rotatable bonds is 3. The number of pyridine rings is 1. The van der Waals surface area contributed by atoms with Crippen molar-refractivity contribution in [1.29, 1.82) is 0 Å². The molecule has 0 saturated heterocycles. The number of aromatic hydroxyl groups is 1. The van der Waals surface area contributed by atoms with Gasteiger partial charge in [-0.15, -0.1) is 0 Å². The second-order valence-electron chi connectivity index (χ2n) is 4.41. The lowest BCUT2D eigenvalue weighted by atomic mass is 10.1. The summed E-state index contributed by atoms with van der Waals surface area (Å²) in [7, 11) is 0. The normalized spacial score (nSPS) is 12.3. The molecule has 0 aliphatic carbocycles. The highest BCUT2D eigenvalue weighted by Gasteiger charge is 2.31. The number of halogens is 4. The van der Waals surface area contributed by atoms with Crippen LogP contribution in [0.1, 0.15) is 18.1 Å². The lowest BCUT2D eigenvalue weighted by Gasteiger charge is -2.09. The number of benzene rings is 1. The molecule has 0 atom stereocenters.